The van der Waals surface area contributed by atoms with Crippen LogP contribution in [0, 0.1) is 0 Å². The molecule has 1 saturated carbocycles. The fourth-order valence-corrected chi connectivity index (χ4v) is 4.05. The van der Waals surface area contributed by atoms with Gasteiger partial charge in [-0.05, 0) is 55.7 Å². The van der Waals surface area contributed by atoms with Crippen LogP contribution in [0.15, 0.2) is 42.5 Å². The van der Waals surface area contributed by atoms with Gasteiger partial charge in [-0.1, -0.05) is 12.1 Å². The minimum atomic E-state index is -1.20. The summed E-state index contributed by atoms with van der Waals surface area (Å²) in [4.78, 5) is 51.3. The second kappa shape index (κ2) is 8.36. The third kappa shape index (κ3) is 4.39. The molecule has 1 saturated heterocycles. The molecule has 1 aliphatic carbocycles. The van der Waals surface area contributed by atoms with Crippen LogP contribution in [0.4, 0.5) is 10.5 Å². The number of nitrogens with zero attached hydrogens (tertiary/aromatic N) is 1. The van der Waals surface area contributed by atoms with E-state index in [1.54, 1.807) is 49.4 Å². The molecule has 10 heteroatoms. The van der Waals surface area contributed by atoms with E-state index in [1.807, 2.05) is 0 Å². The summed E-state index contributed by atoms with van der Waals surface area (Å²) in [6, 6.07) is 11.4. The van der Waals surface area contributed by atoms with E-state index in [9.17, 15) is 19.2 Å². The van der Waals surface area contributed by atoms with Crippen molar-refractivity contribution in [1.82, 2.24) is 15.5 Å². The maximum atomic E-state index is 13.1. The lowest BCUT2D eigenvalue weighted by Crippen LogP contribution is -2.46. The van der Waals surface area contributed by atoms with E-state index in [1.165, 1.54) is 0 Å². The van der Waals surface area contributed by atoms with Gasteiger partial charge < -0.3 is 25.4 Å². The fraction of sp³-hybridized carbons (Fsp3) is 0.333. The van der Waals surface area contributed by atoms with Gasteiger partial charge in [0.15, 0.2) is 11.5 Å². The van der Waals surface area contributed by atoms with Crippen molar-refractivity contribution in [3.63, 3.8) is 0 Å². The average molecular weight is 464 g/mol. The molecule has 176 valence electrons. The highest BCUT2D eigenvalue weighted by atomic mass is 16.7. The Morgan fingerprint density at radius 3 is 2.71 bits per heavy atom. The number of ether oxygens (including phenoxy) is 2. The van der Waals surface area contributed by atoms with Crippen LogP contribution < -0.4 is 25.4 Å². The molecule has 0 bridgehead atoms. The fourth-order valence-electron chi connectivity index (χ4n) is 4.05. The number of nitrogens with one attached hydrogen (secondary N) is 3. The molecule has 10 nitrogen and oxygen atoms in total. The van der Waals surface area contributed by atoms with E-state index in [2.05, 4.69) is 16.0 Å². The molecule has 3 aliphatic rings. The molecule has 34 heavy (non-hydrogen) atoms. The molecule has 2 heterocycles. The van der Waals surface area contributed by atoms with Gasteiger partial charge in [0.1, 0.15) is 12.1 Å². The smallest absolute Gasteiger partial charge is 0.325 e. The Labute approximate surface area is 195 Å². The first-order valence-electron chi connectivity index (χ1n) is 11.0. The van der Waals surface area contributed by atoms with Gasteiger partial charge in [-0.15, -0.1) is 0 Å². The van der Waals surface area contributed by atoms with Gasteiger partial charge in [-0.3, -0.25) is 19.3 Å². The highest BCUT2D eigenvalue weighted by molar-refractivity contribution is 6.10. The van der Waals surface area contributed by atoms with Crippen molar-refractivity contribution in [3.05, 3.63) is 53.6 Å². The highest BCUT2D eigenvalue weighted by Gasteiger charge is 2.48. The molecule has 2 fully saturated rings. The molecule has 3 N–H and O–H groups in total. The number of anilines is 1. The molecule has 0 radical (unpaired) electrons. The Kier molecular flexibility index (Phi) is 5.35. The lowest BCUT2D eigenvalue weighted by Gasteiger charge is -2.22. The van der Waals surface area contributed by atoms with Gasteiger partial charge in [0.2, 0.25) is 12.7 Å². The third-order valence-electron chi connectivity index (χ3n) is 5.96. The Morgan fingerprint density at radius 2 is 1.91 bits per heavy atom. The number of imide groups is 1. The first kappa shape index (κ1) is 21.7. The molecule has 5 amide bonds. The maximum Gasteiger partial charge on any atom is 0.325 e. The summed E-state index contributed by atoms with van der Waals surface area (Å²) >= 11 is 0. The predicted molar refractivity (Wildman–Crippen MR) is 120 cm³/mol. The monoisotopic (exact) mass is 464 g/mol. The summed E-state index contributed by atoms with van der Waals surface area (Å²) in [5.41, 5.74) is 0.416. The Bertz CT molecular complexity index is 1190. The second-order valence-electron chi connectivity index (χ2n) is 8.89. The molecule has 2 aliphatic heterocycles. The van der Waals surface area contributed by atoms with Crippen LogP contribution >= 0.6 is 0 Å². The van der Waals surface area contributed by atoms with E-state index in [0.717, 1.165) is 23.3 Å². The first-order chi connectivity index (χ1) is 16.3. The normalized spacial score (nSPS) is 20.8. The molecule has 1 atom stereocenters. The lowest BCUT2D eigenvalue weighted by atomic mass is 9.92. The number of fused-ring (bicyclic) bond motifs is 1. The molecule has 0 aromatic heterocycles. The third-order valence-corrected chi connectivity index (χ3v) is 5.96. The number of carbonyl (C=O) groups is 4. The number of benzene rings is 2. The van der Waals surface area contributed by atoms with Crippen LogP contribution in [-0.4, -0.2) is 53.6 Å². The maximum absolute atomic E-state index is 13.1. The quantitative estimate of drug-likeness (QED) is 0.537. The zero-order valence-corrected chi connectivity index (χ0v) is 18.6. The molecule has 1 unspecified atom stereocenters. The van der Waals surface area contributed by atoms with Crippen LogP contribution in [0.2, 0.25) is 0 Å². The van der Waals surface area contributed by atoms with E-state index in [4.69, 9.17) is 9.47 Å². The van der Waals surface area contributed by atoms with Crippen molar-refractivity contribution in [1.29, 1.82) is 0 Å². The number of carbonyl (C=O) groups excluding carboxylic acids is 4. The largest absolute Gasteiger partial charge is 0.454 e. The van der Waals surface area contributed by atoms with Gasteiger partial charge in [0.05, 0.1) is 0 Å². The van der Waals surface area contributed by atoms with Crippen molar-refractivity contribution < 1.29 is 28.7 Å². The zero-order chi connectivity index (χ0) is 23.9. The summed E-state index contributed by atoms with van der Waals surface area (Å²) in [6.45, 7) is 1.32. The molecular weight excluding hydrogens is 440 g/mol. The minimum absolute atomic E-state index is 0.142. The van der Waals surface area contributed by atoms with Gasteiger partial charge >= 0.3 is 6.03 Å². The Hall–Kier alpha value is -4.08. The summed E-state index contributed by atoms with van der Waals surface area (Å²) in [5, 5.41) is 8.24. The van der Waals surface area contributed by atoms with E-state index in [0.29, 0.717) is 22.7 Å². The predicted octanol–water partition coefficient (Wildman–Crippen LogP) is 1.80. The molecule has 2 aromatic rings. The van der Waals surface area contributed by atoms with Crippen molar-refractivity contribution >= 4 is 29.4 Å². The number of hydrogen-bond acceptors (Lipinski definition) is 6. The first-order valence-corrected chi connectivity index (χ1v) is 11.0. The SMILES string of the molecule is CC1(Cc2ccc3c(c2)OCO3)NC(=O)N(CC(=O)Nc2cccc(C(=O)NC3CC3)c2)C1=O. The van der Waals surface area contributed by atoms with E-state index in [-0.39, 0.29) is 25.2 Å². The Morgan fingerprint density at radius 1 is 1.12 bits per heavy atom. The Balaban J connectivity index is 1.22. The van der Waals surface area contributed by atoms with Crippen molar-refractivity contribution in [2.24, 2.45) is 0 Å². The van der Waals surface area contributed by atoms with Crippen LogP contribution in [0.5, 0.6) is 11.5 Å². The highest BCUT2D eigenvalue weighted by Crippen LogP contribution is 2.34. The summed E-state index contributed by atoms with van der Waals surface area (Å²) in [7, 11) is 0. The van der Waals surface area contributed by atoms with Crippen molar-refractivity contribution in [2.75, 3.05) is 18.7 Å². The van der Waals surface area contributed by atoms with Gasteiger partial charge in [0, 0.05) is 23.7 Å². The van der Waals surface area contributed by atoms with E-state index < -0.39 is 29.9 Å². The van der Waals surface area contributed by atoms with Crippen molar-refractivity contribution in [2.45, 2.75) is 37.8 Å². The molecule has 5 rings (SSSR count). The van der Waals surface area contributed by atoms with Gasteiger partial charge in [-0.2, -0.15) is 0 Å². The molecule has 2 aromatic carbocycles. The molecule has 0 spiro atoms. The zero-order valence-electron chi connectivity index (χ0n) is 18.6. The number of urea groups is 1. The average Bonchev–Trinajstić information content (AvgIpc) is 3.44. The summed E-state index contributed by atoms with van der Waals surface area (Å²) < 4.78 is 10.7. The van der Waals surface area contributed by atoms with Crippen LogP contribution in [-0.2, 0) is 16.0 Å². The number of rotatable bonds is 7. The van der Waals surface area contributed by atoms with Crippen LogP contribution in [0.3, 0.4) is 0 Å². The van der Waals surface area contributed by atoms with Gasteiger partial charge in [0.25, 0.3) is 11.8 Å². The standard InChI is InChI=1S/C24H24N4O6/c1-24(11-14-5-8-18-19(9-14)34-13-33-18)22(31)28(23(32)27-24)12-20(29)25-17-4-2-3-15(10-17)21(30)26-16-6-7-16/h2-5,8-10,16H,6-7,11-13H2,1H3,(H,25,29)(H,26,30)(H,27,32). The minimum Gasteiger partial charge on any atom is -0.454 e. The van der Waals surface area contributed by atoms with E-state index >= 15 is 0 Å². The lowest BCUT2D eigenvalue weighted by molar-refractivity contribution is -0.133. The number of hydrogen-bond donors (Lipinski definition) is 3. The summed E-state index contributed by atoms with van der Waals surface area (Å²) in [5.74, 6) is -0.0318. The van der Waals surface area contributed by atoms with Crippen molar-refractivity contribution in [3.8, 4) is 11.5 Å². The molecular formula is C24H24N4O6. The summed E-state index contributed by atoms with van der Waals surface area (Å²) in [6.07, 6.45) is 2.17. The van der Waals surface area contributed by atoms with Crippen LogP contribution in [0.1, 0.15) is 35.7 Å². The number of amides is 5. The second-order valence-corrected chi connectivity index (χ2v) is 8.89. The van der Waals surface area contributed by atoms with Crippen LogP contribution in [0.25, 0.3) is 0 Å². The topological polar surface area (TPSA) is 126 Å². The van der Waals surface area contributed by atoms with Gasteiger partial charge in [-0.25, -0.2) is 4.79 Å².